The van der Waals surface area contributed by atoms with Crippen molar-refractivity contribution in [2.75, 3.05) is 20.8 Å². The summed E-state index contributed by atoms with van der Waals surface area (Å²) in [4.78, 5) is 30.2. The molecule has 0 spiro atoms. The van der Waals surface area contributed by atoms with Crippen LogP contribution in [0.2, 0.25) is 0 Å². The number of fused-ring (bicyclic) bond motifs is 2. The second kappa shape index (κ2) is 8.48. The van der Waals surface area contributed by atoms with Gasteiger partial charge in [0.05, 0.1) is 13.7 Å². The van der Waals surface area contributed by atoms with Gasteiger partial charge < -0.3 is 9.47 Å². The van der Waals surface area contributed by atoms with Crippen LogP contribution in [-0.4, -0.2) is 49.5 Å². The van der Waals surface area contributed by atoms with Crippen LogP contribution in [0.1, 0.15) is 56.7 Å². The second-order valence-electron chi connectivity index (χ2n) is 11.2. The Bertz CT molecular complexity index is 1150. The van der Waals surface area contributed by atoms with E-state index in [1.807, 2.05) is 43.3 Å². The smallest absolute Gasteiger partial charge is 0.321 e. The second-order valence-corrected chi connectivity index (χ2v) is 11.2. The van der Waals surface area contributed by atoms with Gasteiger partial charge in [0.2, 0.25) is 0 Å². The number of nitrogens with zero attached hydrogens (tertiary/aromatic N) is 1. The summed E-state index contributed by atoms with van der Waals surface area (Å²) in [5.74, 6) is 0.542. The van der Waals surface area contributed by atoms with Crippen LogP contribution in [0.3, 0.4) is 0 Å². The van der Waals surface area contributed by atoms with Crippen molar-refractivity contribution in [1.29, 1.82) is 0 Å². The molecule has 5 unspecified atom stereocenters. The number of aryl methyl sites for hydroxylation is 1. The number of carbonyl (C=O) groups excluding carboxylic acids is 2. The number of likely N-dealkylation sites (N-methyl/N-ethyl adjacent to an activating group) is 1. The van der Waals surface area contributed by atoms with Crippen molar-refractivity contribution in [3.8, 4) is 5.75 Å². The average Bonchev–Trinajstić information content (AvgIpc) is 2.86. The van der Waals surface area contributed by atoms with Crippen molar-refractivity contribution in [2.24, 2.45) is 10.8 Å². The first kappa shape index (κ1) is 24.1. The highest BCUT2D eigenvalue weighted by Crippen LogP contribution is 2.68. The third-order valence-electron chi connectivity index (χ3n) is 9.74. The van der Waals surface area contributed by atoms with E-state index in [9.17, 15) is 9.59 Å². The number of benzene rings is 2. The van der Waals surface area contributed by atoms with Crippen LogP contribution in [0.25, 0.3) is 0 Å². The fraction of sp³-hybridized carbons (Fsp3) is 0.533. The van der Waals surface area contributed by atoms with Gasteiger partial charge in [-0.05, 0) is 73.9 Å². The van der Waals surface area contributed by atoms with Gasteiger partial charge in [-0.25, -0.2) is 0 Å². The molecular weight excluding hydrogens is 438 g/mol. The lowest BCUT2D eigenvalue weighted by Crippen LogP contribution is -2.78. The van der Waals surface area contributed by atoms with Crippen molar-refractivity contribution < 1.29 is 19.1 Å². The van der Waals surface area contributed by atoms with Crippen LogP contribution in [0.5, 0.6) is 5.75 Å². The van der Waals surface area contributed by atoms with Gasteiger partial charge in [-0.2, -0.15) is 0 Å². The first-order valence-corrected chi connectivity index (χ1v) is 12.8. The predicted molar refractivity (Wildman–Crippen MR) is 136 cm³/mol. The lowest BCUT2D eigenvalue weighted by molar-refractivity contribution is -0.208. The maximum atomic E-state index is 14.1. The largest absolute Gasteiger partial charge is 0.497 e. The zero-order chi connectivity index (χ0) is 25.0. The highest BCUT2D eigenvalue weighted by atomic mass is 16.5. The Morgan fingerprint density at radius 1 is 1.09 bits per heavy atom. The summed E-state index contributed by atoms with van der Waals surface area (Å²) in [6.07, 6.45) is 3.16. The number of carbonyl (C=O) groups is 2. The molecule has 2 aliphatic heterocycles. The van der Waals surface area contributed by atoms with Crippen LogP contribution in [0, 0.1) is 10.8 Å². The van der Waals surface area contributed by atoms with Crippen LogP contribution >= 0.6 is 0 Å². The third-order valence-corrected chi connectivity index (χ3v) is 9.74. The molecule has 1 saturated carbocycles. The lowest BCUT2D eigenvalue weighted by Gasteiger charge is -2.71. The molecular formula is C30H37NO4. The first-order chi connectivity index (χ1) is 16.7. The topological polar surface area (TPSA) is 55.8 Å². The number of hydrogen-bond acceptors (Lipinski definition) is 5. The fourth-order valence-corrected chi connectivity index (χ4v) is 7.69. The summed E-state index contributed by atoms with van der Waals surface area (Å²) < 4.78 is 11.2. The molecule has 2 aliphatic carbocycles. The number of ketones is 1. The molecule has 2 saturated heterocycles. The van der Waals surface area contributed by atoms with E-state index in [-0.39, 0.29) is 41.3 Å². The van der Waals surface area contributed by atoms with E-state index in [1.165, 1.54) is 11.1 Å². The summed E-state index contributed by atoms with van der Waals surface area (Å²) in [6.45, 7) is 6.73. The zero-order valence-electron chi connectivity index (χ0n) is 21.6. The van der Waals surface area contributed by atoms with Crippen molar-refractivity contribution >= 4 is 11.8 Å². The zero-order valence-corrected chi connectivity index (χ0v) is 21.6. The number of hydrogen-bond donors (Lipinski definition) is 0. The number of Topliss-reactive ketones (excluding diaryl/α,β-unsaturated/α-hetero) is 1. The van der Waals surface area contributed by atoms with Gasteiger partial charge in [0.25, 0.3) is 0 Å². The molecule has 5 nitrogen and oxygen atoms in total. The summed E-state index contributed by atoms with van der Waals surface area (Å²) in [7, 11) is 3.81. The van der Waals surface area contributed by atoms with E-state index in [1.54, 1.807) is 7.11 Å². The van der Waals surface area contributed by atoms with E-state index in [0.717, 1.165) is 24.2 Å². The molecule has 5 heteroatoms. The first-order valence-electron chi connectivity index (χ1n) is 12.8. The molecule has 2 heterocycles. The number of rotatable bonds is 7. The minimum Gasteiger partial charge on any atom is -0.497 e. The Kier molecular flexibility index (Phi) is 5.83. The SMILES string of the molecule is CCOC(=O)C1(C(=O)CCc2ccccc2)CC2(C)C3Cc4ccc(OC)cc4C2(C)CC1N3C. The molecule has 6 rings (SSSR count). The highest BCUT2D eigenvalue weighted by molar-refractivity contribution is 6.05. The van der Waals surface area contributed by atoms with E-state index in [4.69, 9.17) is 9.47 Å². The standard InChI is InChI=1S/C30H37NO4/c1-6-35-27(33)30(26(32)15-12-20-10-8-7-9-11-20)19-29(3)24-16-21-13-14-22(34-5)17-23(21)28(29,2)18-25(30)31(24)4/h7-11,13-14,17,24-25H,6,12,15-16,18-19H2,1-5H3. The molecule has 4 bridgehead atoms. The summed E-state index contributed by atoms with van der Waals surface area (Å²) in [5, 5.41) is 0. The van der Waals surface area contributed by atoms with E-state index in [0.29, 0.717) is 19.3 Å². The Morgan fingerprint density at radius 2 is 1.83 bits per heavy atom. The molecule has 5 atom stereocenters. The van der Waals surface area contributed by atoms with Crippen molar-refractivity contribution in [2.45, 2.75) is 70.4 Å². The van der Waals surface area contributed by atoms with E-state index < -0.39 is 5.41 Å². The van der Waals surface area contributed by atoms with Gasteiger partial charge in [-0.1, -0.05) is 50.2 Å². The minimum absolute atomic E-state index is 0.0230. The van der Waals surface area contributed by atoms with Crippen molar-refractivity contribution in [1.82, 2.24) is 4.90 Å². The number of methoxy groups -OCH3 is 1. The molecule has 0 amide bonds. The van der Waals surface area contributed by atoms with Gasteiger partial charge in [0.15, 0.2) is 5.78 Å². The van der Waals surface area contributed by atoms with Gasteiger partial charge >= 0.3 is 5.97 Å². The summed E-state index contributed by atoms with van der Waals surface area (Å²) >= 11 is 0. The Morgan fingerprint density at radius 3 is 2.51 bits per heavy atom. The molecule has 3 fully saturated rings. The van der Waals surface area contributed by atoms with Gasteiger partial charge in [-0.15, -0.1) is 0 Å². The van der Waals surface area contributed by atoms with Gasteiger partial charge in [0.1, 0.15) is 11.2 Å². The molecule has 0 aromatic heterocycles. The Hall–Kier alpha value is -2.66. The normalized spacial score (nSPS) is 33.2. The molecule has 186 valence electrons. The van der Waals surface area contributed by atoms with Gasteiger partial charge in [0, 0.05) is 23.9 Å². The van der Waals surface area contributed by atoms with Crippen molar-refractivity contribution in [3.63, 3.8) is 0 Å². The maximum absolute atomic E-state index is 14.1. The fourth-order valence-electron chi connectivity index (χ4n) is 7.69. The monoisotopic (exact) mass is 475 g/mol. The molecule has 0 N–H and O–H groups in total. The maximum Gasteiger partial charge on any atom is 0.321 e. The average molecular weight is 476 g/mol. The third kappa shape index (κ3) is 3.31. The van der Waals surface area contributed by atoms with Crippen LogP contribution in [-0.2, 0) is 32.6 Å². The quantitative estimate of drug-likeness (QED) is 0.428. The Labute approximate surface area is 208 Å². The molecule has 4 aliphatic rings. The molecule has 2 aromatic rings. The predicted octanol–water partition coefficient (Wildman–Crippen LogP) is 4.74. The summed E-state index contributed by atoms with van der Waals surface area (Å²) in [5.41, 5.74) is 2.21. The minimum atomic E-state index is -1.14. The number of ether oxygens (including phenoxy) is 2. The van der Waals surface area contributed by atoms with Crippen LogP contribution < -0.4 is 4.74 Å². The summed E-state index contributed by atoms with van der Waals surface area (Å²) in [6, 6.07) is 16.5. The van der Waals surface area contributed by atoms with E-state index in [2.05, 4.69) is 37.9 Å². The molecule has 2 aromatic carbocycles. The Balaban J connectivity index is 1.57. The van der Waals surface area contributed by atoms with Crippen LogP contribution in [0.15, 0.2) is 48.5 Å². The van der Waals surface area contributed by atoms with Crippen LogP contribution in [0.4, 0.5) is 0 Å². The van der Waals surface area contributed by atoms with E-state index >= 15 is 0 Å². The number of esters is 1. The highest BCUT2D eigenvalue weighted by Gasteiger charge is 2.73. The molecule has 0 radical (unpaired) electrons. The number of piperidine rings is 2. The lowest BCUT2D eigenvalue weighted by atomic mass is 9.39. The van der Waals surface area contributed by atoms with Crippen molar-refractivity contribution in [3.05, 3.63) is 65.2 Å². The molecule has 35 heavy (non-hydrogen) atoms. The van der Waals surface area contributed by atoms with Gasteiger partial charge in [-0.3, -0.25) is 14.5 Å².